The highest BCUT2D eigenvalue weighted by Crippen LogP contribution is 2.49. The number of rotatable bonds is 6. The fourth-order valence-corrected chi connectivity index (χ4v) is 5.88. The summed E-state index contributed by atoms with van der Waals surface area (Å²) in [4.78, 5) is 32.3. The van der Waals surface area contributed by atoms with Crippen LogP contribution in [0.25, 0.3) is 11.3 Å². The standard InChI is InChI=1S/C30H29F2N5O2S/c1-30(2,3)37-29-26(27(35-37)20-9-5-4-6-10-20)28(22-12-11-21(31)14-23(22)32)40-18-25(39)36(29)17-24(38)34-16-19-8-7-13-33-15-19/h4-15,28H,16-18H2,1-3H3,(H,34,38)/t28-/m1/s1. The van der Waals surface area contributed by atoms with E-state index in [2.05, 4.69) is 10.3 Å². The third kappa shape index (κ3) is 5.62. The number of nitrogens with zero attached hydrogens (tertiary/aromatic N) is 4. The van der Waals surface area contributed by atoms with Crippen LogP contribution in [-0.4, -0.2) is 38.9 Å². The van der Waals surface area contributed by atoms with Crippen molar-refractivity contribution in [3.63, 3.8) is 0 Å². The molecule has 0 fully saturated rings. The van der Waals surface area contributed by atoms with Crippen molar-refractivity contribution in [3.05, 3.63) is 101 Å². The third-order valence-corrected chi connectivity index (χ3v) is 7.77. The molecule has 2 aromatic heterocycles. The molecule has 0 bridgehead atoms. The molecule has 1 aliphatic heterocycles. The zero-order valence-corrected chi connectivity index (χ0v) is 23.2. The van der Waals surface area contributed by atoms with Crippen LogP contribution < -0.4 is 10.2 Å². The number of anilines is 1. The highest BCUT2D eigenvalue weighted by atomic mass is 32.2. The molecule has 40 heavy (non-hydrogen) atoms. The molecule has 5 rings (SSSR count). The van der Waals surface area contributed by atoms with Gasteiger partial charge in [0.1, 0.15) is 24.0 Å². The molecule has 7 nitrogen and oxygen atoms in total. The molecule has 0 saturated carbocycles. The summed E-state index contributed by atoms with van der Waals surface area (Å²) in [5.41, 5.74) is 2.43. The molecule has 2 aromatic carbocycles. The first kappa shape index (κ1) is 27.5. The second-order valence-electron chi connectivity index (χ2n) is 10.5. The number of aromatic nitrogens is 3. The quantitative estimate of drug-likeness (QED) is 0.338. The maximum atomic E-state index is 15.3. The van der Waals surface area contributed by atoms with E-state index in [9.17, 15) is 14.0 Å². The van der Waals surface area contributed by atoms with Crippen molar-refractivity contribution < 1.29 is 18.4 Å². The topological polar surface area (TPSA) is 80.1 Å². The number of hydrogen-bond acceptors (Lipinski definition) is 5. The number of benzene rings is 2. The van der Waals surface area contributed by atoms with Gasteiger partial charge in [0.15, 0.2) is 0 Å². The number of carbonyl (C=O) groups is 2. The SMILES string of the molecule is CC(C)(C)n1nc(-c2ccccc2)c2c1N(CC(=O)NCc1cccnc1)C(=O)CS[C@@H]2c1ccc(F)cc1F. The van der Waals surface area contributed by atoms with Gasteiger partial charge in [0.25, 0.3) is 0 Å². The number of fused-ring (bicyclic) bond motifs is 1. The summed E-state index contributed by atoms with van der Waals surface area (Å²) in [7, 11) is 0. The number of carbonyl (C=O) groups excluding carboxylic acids is 2. The number of halogens is 2. The van der Waals surface area contributed by atoms with Crippen molar-refractivity contribution in [1.82, 2.24) is 20.1 Å². The number of amides is 2. The van der Waals surface area contributed by atoms with Gasteiger partial charge in [-0.05, 0) is 38.5 Å². The molecule has 10 heteroatoms. The summed E-state index contributed by atoms with van der Waals surface area (Å²) < 4.78 is 30.9. The Hall–Kier alpha value is -4.05. The lowest BCUT2D eigenvalue weighted by molar-refractivity contribution is -0.123. The van der Waals surface area contributed by atoms with Crippen LogP contribution in [0.15, 0.2) is 73.1 Å². The van der Waals surface area contributed by atoms with Crippen LogP contribution in [0.3, 0.4) is 0 Å². The van der Waals surface area contributed by atoms with Crippen molar-refractivity contribution in [3.8, 4) is 11.3 Å². The predicted octanol–water partition coefficient (Wildman–Crippen LogP) is 5.46. The second kappa shape index (κ2) is 11.2. The Balaban J connectivity index is 1.65. The van der Waals surface area contributed by atoms with Crippen molar-refractivity contribution >= 4 is 29.4 Å². The van der Waals surface area contributed by atoms with Gasteiger partial charge in [-0.1, -0.05) is 42.5 Å². The Kier molecular flexibility index (Phi) is 7.71. The van der Waals surface area contributed by atoms with Gasteiger partial charge in [-0.3, -0.25) is 19.5 Å². The minimum absolute atomic E-state index is 0.00950. The summed E-state index contributed by atoms with van der Waals surface area (Å²) in [6, 6.07) is 16.5. The fraction of sp³-hybridized carbons (Fsp3) is 0.267. The molecule has 0 spiro atoms. The summed E-state index contributed by atoms with van der Waals surface area (Å²) in [5, 5.41) is 7.15. The molecule has 1 atom stereocenters. The Morgan fingerprint density at radius 1 is 1.10 bits per heavy atom. The van der Waals surface area contributed by atoms with Gasteiger partial charge >= 0.3 is 0 Å². The minimum atomic E-state index is -0.707. The number of thioether (sulfide) groups is 1. The van der Waals surface area contributed by atoms with Gasteiger partial charge in [-0.15, -0.1) is 11.8 Å². The average molecular weight is 562 g/mol. The molecule has 3 heterocycles. The number of nitrogens with one attached hydrogen (secondary N) is 1. The molecular weight excluding hydrogens is 532 g/mol. The fourth-order valence-electron chi connectivity index (χ4n) is 4.66. The van der Waals surface area contributed by atoms with E-state index in [4.69, 9.17) is 5.10 Å². The van der Waals surface area contributed by atoms with E-state index in [1.807, 2.05) is 57.2 Å². The van der Waals surface area contributed by atoms with E-state index in [-0.39, 0.29) is 36.2 Å². The average Bonchev–Trinajstić information content (AvgIpc) is 3.27. The van der Waals surface area contributed by atoms with Gasteiger partial charge in [0.2, 0.25) is 11.8 Å². The molecule has 0 unspecified atom stereocenters. The molecule has 1 aliphatic rings. The van der Waals surface area contributed by atoms with Gasteiger partial charge < -0.3 is 5.32 Å². The minimum Gasteiger partial charge on any atom is -0.350 e. The first-order valence-corrected chi connectivity index (χ1v) is 13.9. The molecule has 0 radical (unpaired) electrons. The Bertz CT molecular complexity index is 1540. The lowest BCUT2D eigenvalue weighted by Crippen LogP contribution is -2.43. The molecule has 4 aromatic rings. The second-order valence-corrected chi connectivity index (χ2v) is 11.6. The van der Waals surface area contributed by atoms with E-state index in [1.165, 1.54) is 28.8 Å². The van der Waals surface area contributed by atoms with Gasteiger partial charge in [0.05, 0.1) is 22.2 Å². The summed E-state index contributed by atoms with van der Waals surface area (Å²) in [5.74, 6) is -1.64. The monoisotopic (exact) mass is 561 g/mol. The van der Waals surface area contributed by atoms with E-state index in [0.29, 0.717) is 17.1 Å². The van der Waals surface area contributed by atoms with Crippen LogP contribution in [0.2, 0.25) is 0 Å². The summed E-state index contributed by atoms with van der Waals surface area (Å²) in [6.45, 7) is 5.86. The van der Waals surface area contributed by atoms with E-state index in [0.717, 1.165) is 17.2 Å². The van der Waals surface area contributed by atoms with Crippen LogP contribution in [0, 0.1) is 11.6 Å². The zero-order chi connectivity index (χ0) is 28.4. The van der Waals surface area contributed by atoms with Crippen LogP contribution in [-0.2, 0) is 21.7 Å². The lowest BCUT2D eigenvalue weighted by atomic mass is 9.98. The summed E-state index contributed by atoms with van der Waals surface area (Å²) >= 11 is 1.23. The maximum Gasteiger partial charge on any atom is 0.240 e. The van der Waals surface area contributed by atoms with E-state index in [1.54, 1.807) is 23.1 Å². The van der Waals surface area contributed by atoms with E-state index < -0.39 is 22.4 Å². The van der Waals surface area contributed by atoms with Crippen molar-refractivity contribution in [1.29, 1.82) is 0 Å². The molecule has 2 amide bonds. The molecule has 0 aliphatic carbocycles. The third-order valence-electron chi connectivity index (χ3n) is 6.53. The normalized spacial score (nSPS) is 15.5. The first-order chi connectivity index (χ1) is 19.1. The van der Waals surface area contributed by atoms with Gasteiger partial charge in [-0.25, -0.2) is 13.5 Å². The highest BCUT2D eigenvalue weighted by molar-refractivity contribution is 8.00. The molecule has 0 saturated heterocycles. The maximum absolute atomic E-state index is 15.3. The van der Waals surface area contributed by atoms with Crippen molar-refractivity contribution in [2.75, 3.05) is 17.2 Å². The van der Waals surface area contributed by atoms with Gasteiger partial charge in [-0.2, -0.15) is 5.10 Å². The Morgan fingerprint density at radius 2 is 1.88 bits per heavy atom. The van der Waals surface area contributed by atoms with Crippen molar-refractivity contribution in [2.24, 2.45) is 0 Å². The van der Waals surface area contributed by atoms with Crippen molar-refractivity contribution in [2.45, 2.75) is 38.1 Å². The number of hydrogen-bond donors (Lipinski definition) is 1. The number of pyridine rings is 1. The van der Waals surface area contributed by atoms with E-state index >= 15 is 4.39 Å². The summed E-state index contributed by atoms with van der Waals surface area (Å²) in [6.07, 6.45) is 3.31. The van der Waals surface area contributed by atoms with Crippen LogP contribution in [0.1, 0.15) is 42.7 Å². The lowest BCUT2D eigenvalue weighted by Gasteiger charge is -2.28. The molecule has 206 valence electrons. The van der Waals surface area contributed by atoms with Crippen LogP contribution >= 0.6 is 11.8 Å². The predicted molar refractivity (Wildman–Crippen MR) is 152 cm³/mol. The molecular formula is C30H29F2N5O2S. The van der Waals surface area contributed by atoms with Crippen LogP contribution in [0.4, 0.5) is 14.6 Å². The highest BCUT2D eigenvalue weighted by Gasteiger charge is 2.40. The smallest absolute Gasteiger partial charge is 0.240 e. The Labute approximate surface area is 235 Å². The van der Waals surface area contributed by atoms with Gasteiger partial charge in [0, 0.05) is 41.7 Å². The Morgan fingerprint density at radius 3 is 2.55 bits per heavy atom. The zero-order valence-electron chi connectivity index (χ0n) is 22.4. The first-order valence-electron chi connectivity index (χ1n) is 12.8. The molecule has 1 N–H and O–H groups in total. The largest absolute Gasteiger partial charge is 0.350 e. The van der Waals surface area contributed by atoms with Crippen LogP contribution in [0.5, 0.6) is 0 Å².